The van der Waals surface area contributed by atoms with Gasteiger partial charge in [-0.2, -0.15) is 0 Å². The van der Waals surface area contributed by atoms with Crippen molar-refractivity contribution in [1.82, 2.24) is 25.3 Å². The van der Waals surface area contributed by atoms with E-state index < -0.39 is 60.4 Å². The molecule has 19 heteroatoms. The van der Waals surface area contributed by atoms with E-state index in [1.165, 1.54) is 4.90 Å². The number of nitrogens with one attached hydrogen (secondary N) is 2. The molecule has 0 spiro atoms. The van der Waals surface area contributed by atoms with Crippen molar-refractivity contribution in [3.05, 3.63) is 35.9 Å². The van der Waals surface area contributed by atoms with Crippen LogP contribution in [-0.2, 0) is 98.8 Å². The Morgan fingerprint density at radius 1 is 0.875 bits per heavy atom. The minimum absolute atomic E-state index is 0. The van der Waals surface area contributed by atoms with Gasteiger partial charge in [-0.15, -0.1) is 0 Å². The summed E-state index contributed by atoms with van der Waals surface area (Å²) in [4.78, 5) is 74.7. The zero-order valence-electron chi connectivity index (χ0n) is 40.2. The van der Waals surface area contributed by atoms with E-state index in [1.54, 1.807) is 73.2 Å². The molecule has 14 nitrogen and oxygen atoms in total. The van der Waals surface area contributed by atoms with Crippen molar-refractivity contribution in [3.8, 4) is 0 Å². The molecule has 1 aliphatic heterocycles. The van der Waals surface area contributed by atoms with Gasteiger partial charge in [0.25, 0.3) is 0 Å². The molecule has 2 radical (unpaired) electrons. The van der Waals surface area contributed by atoms with E-state index in [4.69, 9.17) is 14.2 Å². The van der Waals surface area contributed by atoms with Crippen molar-refractivity contribution in [2.75, 3.05) is 34.9 Å². The first-order valence-electron chi connectivity index (χ1n) is 22.3. The quantitative estimate of drug-likeness (QED) is 0.0813. The number of hydrogen-bond donors (Lipinski definition) is 3. The molecule has 1 saturated heterocycles. The first-order valence-corrected chi connectivity index (χ1v) is 25.9. The zero-order chi connectivity index (χ0) is 46.4. The van der Waals surface area contributed by atoms with E-state index in [0.29, 0.717) is 24.9 Å². The van der Waals surface area contributed by atoms with E-state index in [0.717, 1.165) is 25.7 Å². The van der Waals surface area contributed by atoms with Gasteiger partial charge in [-0.05, 0) is 62.3 Å². The van der Waals surface area contributed by atoms with Crippen molar-refractivity contribution >= 4 is 59.4 Å². The second-order valence-electron chi connectivity index (χ2n) is 17.9. The molecule has 1 saturated carbocycles. The van der Waals surface area contributed by atoms with Crippen LogP contribution in [0.1, 0.15) is 112 Å². The Kier molecular flexibility index (Phi) is 29.1. The van der Waals surface area contributed by atoms with Crippen LogP contribution in [-0.4, -0.2) is 138 Å². The summed E-state index contributed by atoms with van der Waals surface area (Å²) < 4.78 is 17.9. The number of benzene rings is 1. The van der Waals surface area contributed by atoms with Gasteiger partial charge in [0.05, 0.1) is 54.0 Å². The van der Waals surface area contributed by atoms with Crippen molar-refractivity contribution in [3.63, 3.8) is 0 Å². The Morgan fingerprint density at radius 3 is 2.06 bits per heavy atom. The van der Waals surface area contributed by atoms with Crippen molar-refractivity contribution in [2.24, 2.45) is 23.7 Å². The third-order valence-corrected chi connectivity index (χ3v) is 15.9. The normalized spacial score (nSPS) is 21.5. The molecule has 5 amide bonds. The predicted molar refractivity (Wildman–Crippen MR) is 251 cm³/mol. The fourth-order valence-electron chi connectivity index (χ4n) is 9.11. The largest absolute Gasteiger partial charge is 0.445 e. The maximum atomic E-state index is 14.6. The van der Waals surface area contributed by atoms with Crippen molar-refractivity contribution in [1.29, 1.82) is 0 Å². The van der Waals surface area contributed by atoms with Crippen LogP contribution >= 0.6 is 29.6 Å². The summed E-state index contributed by atoms with van der Waals surface area (Å²) in [6.45, 7) is 15.5. The van der Waals surface area contributed by atoms with Gasteiger partial charge in [-0.3, -0.25) is 24.1 Å². The maximum absolute atomic E-state index is 14.6. The molecule has 1 heterocycles. The van der Waals surface area contributed by atoms with Gasteiger partial charge in [0.15, 0.2) is 0 Å². The first kappa shape index (κ1) is 61.6. The number of nitrogens with zero attached hydrogens (tertiary/aromatic N) is 3. The SMILES string of the molecule is CC[C@H](C)[C@@H]([C@@H](CC(=O)N1CCC[C@H]1[C@H](OC)[C@@H](C)C(=O)N[C@H](C)[C@@H](O)c1ccccc1)OC)N(C)C(=O)C(NC(=O)[C@H](C(C)C)N(C)C(=O)O[C@H]1CCC[C@@H]1SSP)C(C)C.[Y].[Y]. The molecule has 2 fully saturated rings. The van der Waals surface area contributed by atoms with E-state index in [2.05, 4.69) is 19.1 Å². The van der Waals surface area contributed by atoms with Crippen LogP contribution in [0.4, 0.5) is 4.79 Å². The van der Waals surface area contributed by atoms with Crippen molar-refractivity contribution < 1.29 is 109 Å². The molecular weight excluding hydrogens is 1030 g/mol. The monoisotopic (exact) mass is 1100 g/mol. The van der Waals surface area contributed by atoms with Crippen LogP contribution in [0.2, 0.25) is 0 Å². The topological polar surface area (TPSA) is 167 Å². The Morgan fingerprint density at radius 2 is 1.52 bits per heavy atom. The van der Waals surface area contributed by atoms with Crippen LogP contribution in [0.25, 0.3) is 0 Å². The number of ether oxygens (including phenoxy) is 3. The minimum atomic E-state index is -0.929. The molecule has 3 N–H and O–H groups in total. The molecule has 1 aromatic rings. The Labute approximate surface area is 443 Å². The number of hydrogen-bond acceptors (Lipinski definition) is 11. The number of amides is 5. The molecular formula is C45H76N5O9PS2Y2. The van der Waals surface area contributed by atoms with Gasteiger partial charge in [-0.1, -0.05) is 115 Å². The van der Waals surface area contributed by atoms with Crippen molar-refractivity contribution in [2.45, 2.75) is 160 Å². The fourth-order valence-corrected chi connectivity index (χ4v) is 12.2. The summed E-state index contributed by atoms with van der Waals surface area (Å²) in [7, 11) is 12.2. The summed E-state index contributed by atoms with van der Waals surface area (Å²) in [5.74, 6) is -2.54. The van der Waals surface area contributed by atoms with Gasteiger partial charge >= 0.3 is 6.09 Å². The Bertz CT molecular complexity index is 1610. The molecule has 13 atom stereocenters. The molecule has 2 unspecified atom stereocenters. The number of carbonyl (C=O) groups excluding carboxylic acids is 5. The van der Waals surface area contributed by atoms with E-state index >= 15 is 0 Å². The molecule has 1 aromatic carbocycles. The predicted octanol–water partition coefficient (Wildman–Crippen LogP) is 6.47. The maximum Gasteiger partial charge on any atom is 0.410 e. The summed E-state index contributed by atoms with van der Waals surface area (Å²) in [5, 5.41) is 17.0. The molecule has 1 aliphatic carbocycles. The van der Waals surface area contributed by atoms with Gasteiger partial charge in [0.1, 0.15) is 18.2 Å². The van der Waals surface area contributed by atoms with E-state index in [1.807, 2.05) is 71.9 Å². The summed E-state index contributed by atoms with van der Waals surface area (Å²) in [6, 6.07) is 5.87. The Balaban J connectivity index is 0.0000102. The zero-order valence-corrected chi connectivity index (χ0v) is 48.7. The number of aliphatic hydroxyl groups excluding tert-OH is 1. The molecule has 2 aliphatic rings. The second-order valence-corrected chi connectivity index (χ2v) is 21.7. The number of methoxy groups -OCH3 is 2. The smallest absolute Gasteiger partial charge is 0.410 e. The third kappa shape index (κ3) is 16.6. The fraction of sp³-hybridized carbons (Fsp3) is 0.756. The molecule has 0 aromatic heterocycles. The standard InChI is InChI=1S/C45H76N5O9PS2.2Y/c1-13-28(6)39(48(9)44(55)37(26(2)3)47-43(54)38(27(4)5)49(10)45(56)59-33-22-17-23-35(33)61-62-60)34(57-11)25-36(51)50-24-18-21-32(50)41(58-12)29(7)42(53)46-30(8)40(52)31-19-15-14-16-20-31;;/h14-16,19-20,26-30,32-35,37-41,52H,13,17-18,21-25,60H2,1-12H3,(H,46,53)(H,47,54);;/t28-,29+,30+,32-,33-,34+,35-,37?,38-,39-,40+,41+;;/m0../s1. The van der Waals surface area contributed by atoms with Gasteiger partial charge < -0.3 is 39.8 Å². The summed E-state index contributed by atoms with van der Waals surface area (Å²) >= 11 is 0. The summed E-state index contributed by atoms with van der Waals surface area (Å²) in [5.41, 5.74) is 0.698. The Hall–Kier alpha value is -0.412. The molecule has 64 heavy (non-hydrogen) atoms. The van der Waals surface area contributed by atoms with Crippen LogP contribution in [0.15, 0.2) is 30.3 Å². The molecule has 3 rings (SSSR count). The summed E-state index contributed by atoms with van der Waals surface area (Å²) in [6.07, 6.45) is 1.74. The third-order valence-electron chi connectivity index (χ3n) is 12.9. The molecule has 0 bridgehead atoms. The van der Waals surface area contributed by atoms with E-state index in [9.17, 15) is 29.1 Å². The number of likely N-dealkylation sites (N-methyl/N-ethyl adjacent to an activating group) is 2. The number of carbonyl (C=O) groups is 5. The number of aliphatic hydroxyl groups is 1. The number of rotatable bonds is 23. The van der Waals surface area contributed by atoms with Crippen LogP contribution in [0.3, 0.4) is 0 Å². The first-order chi connectivity index (χ1) is 29.3. The van der Waals surface area contributed by atoms with Crippen LogP contribution in [0.5, 0.6) is 0 Å². The van der Waals surface area contributed by atoms with Gasteiger partial charge in [0, 0.05) is 100 Å². The van der Waals surface area contributed by atoms with E-state index in [-0.39, 0.29) is 125 Å². The van der Waals surface area contributed by atoms with Gasteiger partial charge in [-0.25, -0.2) is 4.79 Å². The average molecular weight is 1100 g/mol. The minimum Gasteiger partial charge on any atom is -0.445 e. The second kappa shape index (κ2) is 30.3. The van der Waals surface area contributed by atoms with Gasteiger partial charge in [0.2, 0.25) is 23.6 Å². The number of likely N-dealkylation sites (tertiary alicyclic amines) is 1. The van der Waals surface area contributed by atoms with Crippen LogP contribution < -0.4 is 10.6 Å². The molecule has 358 valence electrons. The van der Waals surface area contributed by atoms with Crippen LogP contribution in [0, 0.1) is 23.7 Å². The average Bonchev–Trinajstić information content (AvgIpc) is 3.91.